The molecule has 3 atom stereocenters. The molecule has 3 aliphatic rings. The molecule has 3 saturated heterocycles. The molecule has 5 rings (SSSR count). The van der Waals surface area contributed by atoms with Crippen LogP contribution in [-0.2, 0) is 14.2 Å². The maximum Gasteiger partial charge on any atom is 0.136 e. The SMILES string of the molecule is CSNc1cc(C2CN(c3cccc(NC(C)C)n3)C[C@@]3(CCOC3)O2)cc(C2CCCOC2)n1. The number of aromatic nitrogens is 2. The third-order valence-electron chi connectivity index (χ3n) is 6.84. The highest BCUT2D eigenvalue weighted by atomic mass is 32.2. The predicted octanol–water partition coefficient (Wildman–Crippen LogP) is 4.62. The first-order chi connectivity index (χ1) is 17.0. The molecule has 2 unspecified atom stereocenters. The molecule has 0 aliphatic carbocycles. The highest BCUT2D eigenvalue weighted by Crippen LogP contribution is 2.39. The normalized spacial score (nSPS) is 26.9. The maximum absolute atomic E-state index is 6.84. The molecule has 9 heteroatoms. The van der Waals surface area contributed by atoms with E-state index < -0.39 is 0 Å². The quantitative estimate of drug-likeness (QED) is 0.531. The Bertz CT molecular complexity index is 995. The van der Waals surface area contributed by atoms with Gasteiger partial charge in [-0.15, -0.1) is 0 Å². The van der Waals surface area contributed by atoms with Gasteiger partial charge in [0.05, 0.1) is 19.8 Å². The molecule has 5 heterocycles. The molecule has 0 saturated carbocycles. The molecule has 0 aromatic carbocycles. The zero-order chi connectivity index (χ0) is 24.3. The molecule has 2 N–H and O–H groups in total. The van der Waals surface area contributed by atoms with Crippen molar-refractivity contribution in [2.24, 2.45) is 0 Å². The van der Waals surface area contributed by atoms with E-state index in [-0.39, 0.29) is 11.7 Å². The number of nitrogens with one attached hydrogen (secondary N) is 2. The lowest BCUT2D eigenvalue weighted by Crippen LogP contribution is -2.53. The Balaban J connectivity index is 1.47. The Morgan fingerprint density at radius 2 is 2.06 bits per heavy atom. The number of hydrogen-bond donors (Lipinski definition) is 2. The Morgan fingerprint density at radius 3 is 2.80 bits per heavy atom. The lowest BCUT2D eigenvalue weighted by Gasteiger charge is -2.44. The minimum atomic E-state index is -0.337. The van der Waals surface area contributed by atoms with Gasteiger partial charge in [0.15, 0.2) is 0 Å². The van der Waals surface area contributed by atoms with E-state index in [9.17, 15) is 0 Å². The van der Waals surface area contributed by atoms with Gasteiger partial charge in [0.25, 0.3) is 0 Å². The van der Waals surface area contributed by atoms with Crippen LogP contribution in [0.15, 0.2) is 30.3 Å². The third-order valence-corrected chi connectivity index (χ3v) is 7.26. The van der Waals surface area contributed by atoms with Crippen LogP contribution in [0.5, 0.6) is 0 Å². The molecule has 3 fully saturated rings. The van der Waals surface area contributed by atoms with Gasteiger partial charge in [-0.1, -0.05) is 18.0 Å². The topological polar surface area (TPSA) is 80.8 Å². The highest BCUT2D eigenvalue weighted by Gasteiger charge is 2.45. The van der Waals surface area contributed by atoms with Crippen molar-refractivity contribution in [2.75, 3.05) is 60.7 Å². The Kier molecular flexibility index (Phi) is 7.67. The Labute approximate surface area is 212 Å². The van der Waals surface area contributed by atoms with Crippen molar-refractivity contribution in [3.63, 3.8) is 0 Å². The van der Waals surface area contributed by atoms with Gasteiger partial charge in [0.2, 0.25) is 0 Å². The van der Waals surface area contributed by atoms with E-state index in [4.69, 9.17) is 24.2 Å². The largest absolute Gasteiger partial charge is 0.381 e. The van der Waals surface area contributed by atoms with Gasteiger partial charge in [-0.25, -0.2) is 9.97 Å². The summed E-state index contributed by atoms with van der Waals surface area (Å²) in [4.78, 5) is 12.2. The summed E-state index contributed by atoms with van der Waals surface area (Å²) in [5, 5.41) is 3.43. The van der Waals surface area contributed by atoms with Crippen molar-refractivity contribution in [2.45, 2.75) is 56.8 Å². The van der Waals surface area contributed by atoms with Crippen LogP contribution >= 0.6 is 11.9 Å². The van der Waals surface area contributed by atoms with Gasteiger partial charge in [-0.2, -0.15) is 0 Å². The van der Waals surface area contributed by atoms with Crippen LogP contribution < -0.4 is 14.9 Å². The third kappa shape index (κ3) is 5.85. The second-order valence-electron chi connectivity index (χ2n) is 10.1. The zero-order valence-electron chi connectivity index (χ0n) is 21.0. The molecule has 0 bridgehead atoms. The first kappa shape index (κ1) is 24.6. The summed E-state index contributed by atoms with van der Waals surface area (Å²) in [5.41, 5.74) is 1.89. The fraction of sp³-hybridized carbons (Fsp3) is 0.615. The van der Waals surface area contributed by atoms with E-state index in [1.54, 1.807) is 11.9 Å². The predicted molar refractivity (Wildman–Crippen MR) is 141 cm³/mol. The smallest absolute Gasteiger partial charge is 0.136 e. The second-order valence-corrected chi connectivity index (χ2v) is 10.7. The summed E-state index contributed by atoms with van der Waals surface area (Å²) in [5.74, 6) is 3.05. The molecule has 1 spiro atoms. The first-order valence-corrected chi connectivity index (χ1v) is 13.9. The van der Waals surface area contributed by atoms with Gasteiger partial charge < -0.3 is 29.1 Å². The van der Waals surface area contributed by atoms with E-state index in [1.807, 2.05) is 12.3 Å². The molecule has 3 aliphatic heterocycles. The van der Waals surface area contributed by atoms with Crippen molar-refractivity contribution < 1.29 is 14.2 Å². The van der Waals surface area contributed by atoms with E-state index in [1.165, 1.54) is 0 Å². The monoisotopic (exact) mass is 499 g/mol. The van der Waals surface area contributed by atoms with Gasteiger partial charge >= 0.3 is 0 Å². The summed E-state index contributed by atoms with van der Waals surface area (Å²) in [6.45, 7) is 8.65. The second kappa shape index (κ2) is 10.9. The van der Waals surface area contributed by atoms with Crippen molar-refractivity contribution in [3.8, 4) is 0 Å². The van der Waals surface area contributed by atoms with Crippen molar-refractivity contribution in [1.29, 1.82) is 0 Å². The fourth-order valence-corrected chi connectivity index (χ4v) is 5.53. The number of rotatable bonds is 7. The fourth-order valence-electron chi connectivity index (χ4n) is 5.22. The van der Waals surface area contributed by atoms with Gasteiger partial charge in [0, 0.05) is 50.1 Å². The van der Waals surface area contributed by atoms with Crippen LogP contribution in [-0.4, -0.2) is 67.4 Å². The highest BCUT2D eigenvalue weighted by molar-refractivity contribution is 7.99. The van der Waals surface area contributed by atoms with Crippen molar-refractivity contribution in [3.05, 3.63) is 41.6 Å². The summed E-state index contributed by atoms with van der Waals surface area (Å²) >= 11 is 1.56. The lowest BCUT2D eigenvalue weighted by atomic mass is 9.94. The zero-order valence-corrected chi connectivity index (χ0v) is 21.8. The van der Waals surface area contributed by atoms with E-state index in [0.29, 0.717) is 18.6 Å². The summed E-state index contributed by atoms with van der Waals surface area (Å²) in [6, 6.07) is 10.9. The average Bonchev–Trinajstić information content (AvgIpc) is 3.31. The maximum atomic E-state index is 6.84. The minimum absolute atomic E-state index is 0.109. The van der Waals surface area contributed by atoms with E-state index in [0.717, 1.165) is 80.9 Å². The standard InChI is InChI=1S/C26H37N5O3S/c1-18(2)27-23-7-4-8-25(29-23)31-14-22(34-26(16-31)9-11-33-17-26)20-12-21(19-6-5-10-32-15-19)28-24(13-20)30-35-3/h4,7-8,12-13,18-19,22H,5-6,9-11,14-17H2,1-3H3,(H,27,29)(H,28,30)/t19?,22?,26-/m1/s1. The lowest BCUT2D eigenvalue weighted by molar-refractivity contribution is -0.109. The summed E-state index contributed by atoms with van der Waals surface area (Å²) in [6.07, 6.45) is 4.97. The Hall–Kier alpha value is -2.07. The van der Waals surface area contributed by atoms with Crippen LogP contribution in [0, 0.1) is 0 Å². The van der Waals surface area contributed by atoms with Crippen molar-refractivity contribution >= 4 is 29.4 Å². The van der Waals surface area contributed by atoms with Crippen molar-refractivity contribution in [1.82, 2.24) is 9.97 Å². The molecule has 2 aromatic rings. The number of pyridine rings is 2. The number of morpholine rings is 1. The van der Waals surface area contributed by atoms with Crippen LogP contribution in [0.4, 0.5) is 17.5 Å². The number of anilines is 3. The van der Waals surface area contributed by atoms with Gasteiger partial charge in [-0.05, 0) is 56.5 Å². The van der Waals surface area contributed by atoms with Crippen LogP contribution in [0.2, 0.25) is 0 Å². The number of nitrogens with zero attached hydrogens (tertiary/aromatic N) is 3. The molecule has 35 heavy (non-hydrogen) atoms. The molecule has 0 radical (unpaired) electrons. The number of ether oxygens (including phenoxy) is 3. The molecular weight excluding hydrogens is 462 g/mol. The number of hydrogen-bond acceptors (Lipinski definition) is 9. The molecule has 0 amide bonds. The van der Waals surface area contributed by atoms with Crippen LogP contribution in [0.1, 0.15) is 56.4 Å². The van der Waals surface area contributed by atoms with E-state index >= 15 is 0 Å². The average molecular weight is 500 g/mol. The van der Waals surface area contributed by atoms with Crippen LogP contribution in [0.3, 0.4) is 0 Å². The molecular formula is C26H37N5O3S. The van der Waals surface area contributed by atoms with Gasteiger partial charge in [-0.3, -0.25) is 0 Å². The Morgan fingerprint density at radius 1 is 1.14 bits per heavy atom. The van der Waals surface area contributed by atoms with E-state index in [2.05, 4.69) is 53.1 Å². The molecule has 8 nitrogen and oxygen atoms in total. The minimum Gasteiger partial charge on any atom is -0.381 e. The van der Waals surface area contributed by atoms with Crippen LogP contribution in [0.25, 0.3) is 0 Å². The first-order valence-electron chi connectivity index (χ1n) is 12.7. The van der Waals surface area contributed by atoms with Gasteiger partial charge in [0.1, 0.15) is 29.2 Å². The summed E-state index contributed by atoms with van der Waals surface area (Å²) < 4.78 is 21.8. The molecule has 2 aromatic heterocycles. The summed E-state index contributed by atoms with van der Waals surface area (Å²) in [7, 11) is 0. The molecule has 190 valence electrons.